The van der Waals surface area contributed by atoms with Crippen LogP contribution in [0.3, 0.4) is 0 Å². The van der Waals surface area contributed by atoms with Gasteiger partial charge >= 0.3 is 0 Å². The molecule has 1 aromatic carbocycles. The molecule has 100 valence electrons. The topological polar surface area (TPSA) is 58.6 Å². The lowest BCUT2D eigenvalue weighted by Crippen LogP contribution is -2.39. The maximum Gasteiger partial charge on any atom is 0.251 e. The third kappa shape index (κ3) is 4.13. The molecule has 4 heteroatoms. The molecule has 0 heterocycles. The molecule has 1 amide bonds. The predicted molar refractivity (Wildman–Crippen MR) is 70.7 cm³/mol. The minimum atomic E-state index is -0.159. The summed E-state index contributed by atoms with van der Waals surface area (Å²) in [6.45, 7) is 4.34. The Morgan fingerprint density at radius 3 is 2.72 bits per heavy atom. The molecule has 0 saturated heterocycles. The molecule has 1 atom stereocenters. The van der Waals surface area contributed by atoms with Crippen LogP contribution in [0.1, 0.15) is 27.9 Å². The van der Waals surface area contributed by atoms with Gasteiger partial charge in [-0.1, -0.05) is 17.7 Å². The van der Waals surface area contributed by atoms with Crippen LogP contribution in [0.4, 0.5) is 0 Å². The number of carbonyl (C=O) groups is 1. The second kappa shape index (κ2) is 7.13. The Morgan fingerprint density at radius 1 is 1.44 bits per heavy atom. The number of carbonyl (C=O) groups excluding carboxylic acids is 1. The first-order valence-electron chi connectivity index (χ1n) is 6.06. The van der Waals surface area contributed by atoms with E-state index in [0.717, 1.165) is 11.1 Å². The van der Waals surface area contributed by atoms with E-state index in [1.165, 1.54) is 0 Å². The Kier molecular flexibility index (Phi) is 5.82. The van der Waals surface area contributed by atoms with E-state index in [0.29, 0.717) is 18.6 Å². The highest BCUT2D eigenvalue weighted by atomic mass is 16.5. The van der Waals surface area contributed by atoms with Crippen LogP contribution in [0.25, 0.3) is 0 Å². The first kappa shape index (κ1) is 14.7. The molecule has 0 aromatic heterocycles. The average Bonchev–Trinajstić information content (AvgIpc) is 2.29. The Morgan fingerprint density at radius 2 is 2.17 bits per heavy atom. The van der Waals surface area contributed by atoms with Gasteiger partial charge in [0.1, 0.15) is 0 Å². The summed E-state index contributed by atoms with van der Waals surface area (Å²) >= 11 is 0. The number of nitrogens with one attached hydrogen (secondary N) is 1. The van der Waals surface area contributed by atoms with Gasteiger partial charge in [0, 0.05) is 19.3 Å². The highest BCUT2D eigenvalue weighted by Crippen LogP contribution is 2.10. The van der Waals surface area contributed by atoms with Crippen molar-refractivity contribution in [2.24, 2.45) is 0 Å². The highest BCUT2D eigenvalue weighted by Gasteiger charge is 2.14. The molecule has 18 heavy (non-hydrogen) atoms. The van der Waals surface area contributed by atoms with E-state index >= 15 is 0 Å². The minimum absolute atomic E-state index is 0.0290. The van der Waals surface area contributed by atoms with Crippen molar-refractivity contribution >= 4 is 5.91 Å². The highest BCUT2D eigenvalue weighted by molar-refractivity contribution is 5.95. The third-order valence-corrected chi connectivity index (χ3v) is 2.81. The number of aliphatic hydroxyl groups is 1. The number of aryl methyl sites for hydroxylation is 2. The summed E-state index contributed by atoms with van der Waals surface area (Å²) in [5, 5.41) is 11.8. The maximum atomic E-state index is 12.1. The molecule has 2 N–H and O–H groups in total. The lowest BCUT2D eigenvalue weighted by atomic mass is 10.0. The fraction of sp³-hybridized carbons (Fsp3) is 0.500. The molecule has 1 unspecified atom stereocenters. The quantitative estimate of drug-likeness (QED) is 0.804. The van der Waals surface area contributed by atoms with Crippen LogP contribution in [0.2, 0.25) is 0 Å². The molecule has 1 rings (SSSR count). The van der Waals surface area contributed by atoms with E-state index in [4.69, 9.17) is 9.84 Å². The zero-order chi connectivity index (χ0) is 13.5. The molecular weight excluding hydrogens is 230 g/mol. The number of amides is 1. The molecule has 0 fully saturated rings. The second-order valence-corrected chi connectivity index (χ2v) is 4.46. The number of aliphatic hydroxyl groups excluding tert-OH is 1. The molecule has 1 aromatic rings. The number of hydrogen-bond acceptors (Lipinski definition) is 3. The molecule has 0 spiro atoms. The van der Waals surface area contributed by atoms with E-state index in [2.05, 4.69) is 5.32 Å². The van der Waals surface area contributed by atoms with Crippen molar-refractivity contribution in [1.82, 2.24) is 5.32 Å². The smallest absolute Gasteiger partial charge is 0.251 e. The van der Waals surface area contributed by atoms with Crippen LogP contribution in [0, 0.1) is 13.8 Å². The molecule has 0 aliphatic carbocycles. The first-order valence-corrected chi connectivity index (χ1v) is 6.06. The summed E-state index contributed by atoms with van der Waals surface area (Å²) in [4.78, 5) is 12.1. The summed E-state index contributed by atoms with van der Waals surface area (Å²) in [6.07, 6.45) is 0.491. The zero-order valence-corrected chi connectivity index (χ0v) is 11.2. The maximum absolute atomic E-state index is 12.1. The summed E-state index contributed by atoms with van der Waals surface area (Å²) in [7, 11) is 1.58. The second-order valence-electron chi connectivity index (χ2n) is 4.46. The lowest BCUT2D eigenvalue weighted by Gasteiger charge is -2.17. The van der Waals surface area contributed by atoms with E-state index in [1.54, 1.807) is 7.11 Å². The van der Waals surface area contributed by atoms with Crippen molar-refractivity contribution in [3.8, 4) is 0 Å². The average molecular weight is 251 g/mol. The summed E-state index contributed by atoms with van der Waals surface area (Å²) in [5.41, 5.74) is 2.75. The Bertz CT molecular complexity index is 398. The number of ether oxygens (including phenoxy) is 1. The van der Waals surface area contributed by atoms with Crippen LogP contribution in [-0.4, -0.2) is 37.4 Å². The van der Waals surface area contributed by atoms with Crippen LogP contribution < -0.4 is 5.32 Å². The van der Waals surface area contributed by atoms with Gasteiger partial charge in [0.25, 0.3) is 5.91 Å². The van der Waals surface area contributed by atoms with Gasteiger partial charge in [-0.3, -0.25) is 4.79 Å². The summed E-state index contributed by atoms with van der Waals surface area (Å²) in [6, 6.07) is 5.56. The van der Waals surface area contributed by atoms with Crippen LogP contribution in [0.15, 0.2) is 18.2 Å². The van der Waals surface area contributed by atoms with Crippen molar-refractivity contribution in [1.29, 1.82) is 0 Å². The van der Waals surface area contributed by atoms with Gasteiger partial charge in [-0.2, -0.15) is 0 Å². The Labute approximate surface area is 108 Å². The van der Waals surface area contributed by atoms with Crippen molar-refractivity contribution in [2.45, 2.75) is 26.3 Å². The molecule has 4 nitrogen and oxygen atoms in total. The van der Waals surface area contributed by atoms with Crippen molar-refractivity contribution in [3.63, 3.8) is 0 Å². The van der Waals surface area contributed by atoms with E-state index in [-0.39, 0.29) is 18.6 Å². The normalized spacial score (nSPS) is 12.2. The largest absolute Gasteiger partial charge is 0.396 e. The van der Waals surface area contributed by atoms with Crippen LogP contribution in [-0.2, 0) is 4.74 Å². The van der Waals surface area contributed by atoms with Crippen LogP contribution >= 0.6 is 0 Å². The van der Waals surface area contributed by atoms with E-state index in [9.17, 15) is 4.79 Å². The van der Waals surface area contributed by atoms with Gasteiger partial charge in [0.15, 0.2) is 0 Å². The molecular formula is C14H21NO3. The molecule has 0 radical (unpaired) electrons. The summed E-state index contributed by atoms with van der Waals surface area (Å²) in [5.74, 6) is -0.122. The van der Waals surface area contributed by atoms with Crippen molar-refractivity contribution in [3.05, 3.63) is 34.9 Å². The third-order valence-electron chi connectivity index (χ3n) is 2.81. The molecule has 0 saturated carbocycles. The van der Waals surface area contributed by atoms with Gasteiger partial charge < -0.3 is 15.2 Å². The van der Waals surface area contributed by atoms with Gasteiger partial charge in [-0.15, -0.1) is 0 Å². The van der Waals surface area contributed by atoms with Gasteiger partial charge in [0.2, 0.25) is 0 Å². The Hall–Kier alpha value is -1.39. The van der Waals surface area contributed by atoms with Gasteiger partial charge in [0.05, 0.1) is 12.6 Å². The monoisotopic (exact) mass is 251 g/mol. The number of benzene rings is 1. The minimum Gasteiger partial charge on any atom is -0.396 e. The van der Waals surface area contributed by atoms with E-state index in [1.807, 2.05) is 32.0 Å². The first-order chi connectivity index (χ1) is 8.58. The molecule has 0 aliphatic heterocycles. The number of methoxy groups -OCH3 is 1. The predicted octanol–water partition coefficient (Wildman–Crippen LogP) is 1.43. The fourth-order valence-corrected chi connectivity index (χ4v) is 1.89. The van der Waals surface area contributed by atoms with Crippen LogP contribution in [0.5, 0.6) is 0 Å². The molecule has 0 bridgehead atoms. The number of hydrogen-bond donors (Lipinski definition) is 2. The van der Waals surface area contributed by atoms with Crippen molar-refractivity contribution in [2.75, 3.05) is 20.3 Å². The van der Waals surface area contributed by atoms with Gasteiger partial charge in [-0.05, 0) is 31.9 Å². The zero-order valence-electron chi connectivity index (χ0n) is 11.2. The number of rotatable bonds is 6. The molecule has 0 aliphatic rings. The van der Waals surface area contributed by atoms with E-state index < -0.39 is 0 Å². The fourth-order valence-electron chi connectivity index (χ4n) is 1.89. The van der Waals surface area contributed by atoms with Crippen molar-refractivity contribution < 1.29 is 14.6 Å². The Balaban J connectivity index is 2.73. The van der Waals surface area contributed by atoms with Gasteiger partial charge in [-0.25, -0.2) is 0 Å². The SMILES string of the molecule is COCC(CCO)NC(=O)c1ccc(C)cc1C. The summed E-state index contributed by atoms with van der Waals surface area (Å²) < 4.78 is 5.02. The lowest BCUT2D eigenvalue weighted by molar-refractivity contribution is 0.0878. The standard InChI is InChI=1S/C14H21NO3/c1-10-4-5-13(11(2)8-10)14(17)15-12(6-7-16)9-18-3/h4-5,8,12,16H,6-7,9H2,1-3H3,(H,15,17).